The van der Waals surface area contributed by atoms with Crippen LogP contribution in [0.5, 0.6) is 0 Å². The summed E-state index contributed by atoms with van der Waals surface area (Å²) < 4.78 is 9.58. The first-order valence-electron chi connectivity index (χ1n) is 5.96. The zero-order valence-corrected chi connectivity index (χ0v) is 12.1. The summed E-state index contributed by atoms with van der Waals surface area (Å²) in [5.41, 5.74) is 7.84. The van der Waals surface area contributed by atoms with Crippen LogP contribution in [0.25, 0.3) is 0 Å². The second kappa shape index (κ2) is 6.44. The zero-order valence-electron chi connectivity index (χ0n) is 11.3. The number of methoxy groups -OCH3 is 1. The van der Waals surface area contributed by atoms with E-state index in [9.17, 15) is 4.79 Å². The number of hydrogen-bond donors (Lipinski definition) is 2. The number of nitrogens with two attached hydrogens (primary N) is 1. The molecule has 0 bridgehead atoms. The summed E-state index contributed by atoms with van der Waals surface area (Å²) in [6.07, 6.45) is 1.89. The lowest BCUT2D eigenvalue weighted by Gasteiger charge is -2.07. The lowest BCUT2D eigenvalue weighted by Crippen LogP contribution is -2.06. The maximum Gasteiger partial charge on any atom is 0.337 e. The number of carbonyl (C=O) groups excluding carboxylic acids is 1. The van der Waals surface area contributed by atoms with Crippen LogP contribution in [-0.4, -0.2) is 22.9 Å². The summed E-state index contributed by atoms with van der Waals surface area (Å²) in [6, 6.07) is 7.03. The number of rotatable bonds is 5. The highest BCUT2D eigenvalue weighted by Gasteiger charge is 2.08. The number of nitrogens with one attached hydrogen (secondary N) is 1. The molecule has 0 aliphatic rings. The minimum absolute atomic E-state index is 0.394. The molecule has 3 N–H and O–H groups in total. The van der Waals surface area contributed by atoms with Crippen LogP contribution in [0.15, 0.2) is 35.4 Å². The maximum absolute atomic E-state index is 11.4. The largest absolute Gasteiger partial charge is 0.465 e. The SMILES string of the molecule is COC(=O)c1ccc(SNCc2ccn(C)n2)c(N)c1. The summed E-state index contributed by atoms with van der Waals surface area (Å²) in [5.74, 6) is -0.394. The molecule has 0 amide bonds. The lowest BCUT2D eigenvalue weighted by molar-refractivity contribution is 0.0600. The summed E-state index contributed by atoms with van der Waals surface area (Å²) in [6.45, 7) is 0.629. The van der Waals surface area contributed by atoms with E-state index in [1.54, 1.807) is 22.9 Å². The first kappa shape index (κ1) is 14.4. The molecule has 1 aromatic heterocycles. The van der Waals surface area contributed by atoms with Crippen LogP contribution in [0, 0.1) is 0 Å². The normalized spacial score (nSPS) is 10.5. The Kier molecular flexibility index (Phi) is 4.65. The van der Waals surface area contributed by atoms with Crippen LogP contribution in [0.4, 0.5) is 5.69 Å². The molecule has 0 saturated carbocycles. The minimum atomic E-state index is -0.394. The van der Waals surface area contributed by atoms with E-state index < -0.39 is 5.97 Å². The van der Waals surface area contributed by atoms with Gasteiger partial charge in [0, 0.05) is 23.8 Å². The van der Waals surface area contributed by atoms with Crippen molar-refractivity contribution in [2.24, 2.45) is 7.05 Å². The van der Waals surface area contributed by atoms with Crippen LogP contribution < -0.4 is 10.5 Å². The molecule has 7 heteroatoms. The monoisotopic (exact) mass is 292 g/mol. The van der Waals surface area contributed by atoms with E-state index in [1.807, 2.05) is 19.3 Å². The van der Waals surface area contributed by atoms with Crippen molar-refractivity contribution >= 4 is 23.6 Å². The molecule has 1 heterocycles. The molecule has 0 atom stereocenters. The second-order valence-corrected chi connectivity index (χ2v) is 5.08. The van der Waals surface area contributed by atoms with Crippen molar-refractivity contribution < 1.29 is 9.53 Å². The first-order valence-corrected chi connectivity index (χ1v) is 6.78. The number of ether oxygens (including phenoxy) is 1. The van der Waals surface area contributed by atoms with E-state index in [2.05, 4.69) is 14.6 Å². The van der Waals surface area contributed by atoms with Crippen LogP contribution in [0.3, 0.4) is 0 Å². The third-order valence-electron chi connectivity index (χ3n) is 2.64. The van der Waals surface area contributed by atoms with E-state index in [0.717, 1.165) is 10.6 Å². The van der Waals surface area contributed by atoms with E-state index in [4.69, 9.17) is 5.73 Å². The zero-order chi connectivity index (χ0) is 14.5. The summed E-state index contributed by atoms with van der Waals surface area (Å²) in [4.78, 5) is 12.2. The van der Waals surface area contributed by atoms with Gasteiger partial charge >= 0.3 is 5.97 Å². The third-order valence-corrected chi connectivity index (χ3v) is 3.52. The number of nitrogen functional groups attached to an aromatic ring is 1. The standard InChI is InChI=1S/C13H16N4O2S/c1-17-6-5-10(16-17)8-15-20-12-4-3-9(7-11(12)14)13(18)19-2/h3-7,15H,8,14H2,1-2H3. The third kappa shape index (κ3) is 3.52. The Bertz CT molecular complexity index is 612. The van der Waals surface area contributed by atoms with Crippen molar-refractivity contribution in [2.45, 2.75) is 11.4 Å². The van der Waals surface area contributed by atoms with Crippen LogP contribution in [0.1, 0.15) is 16.1 Å². The number of hydrogen-bond acceptors (Lipinski definition) is 6. The van der Waals surface area contributed by atoms with Crippen molar-refractivity contribution in [2.75, 3.05) is 12.8 Å². The van der Waals surface area contributed by atoms with Crippen LogP contribution in [0.2, 0.25) is 0 Å². The number of nitrogens with zero attached hydrogens (tertiary/aromatic N) is 2. The molecule has 0 saturated heterocycles. The Morgan fingerprint density at radius 2 is 2.30 bits per heavy atom. The predicted molar refractivity (Wildman–Crippen MR) is 78.1 cm³/mol. The smallest absolute Gasteiger partial charge is 0.337 e. The molecule has 2 aromatic rings. The molecule has 0 fully saturated rings. The molecule has 0 aliphatic heterocycles. The molecular formula is C13H16N4O2S. The van der Waals surface area contributed by atoms with Gasteiger partial charge in [0.15, 0.2) is 0 Å². The Morgan fingerprint density at radius 3 is 2.90 bits per heavy atom. The molecule has 6 nitrogen and oxygen atoms in total. The van der Waals surface area contributed by atoms with E-state index in [0.29, 0.717) is 17.8 Å². The highest BCUT2D eigenvalue weighted by atomic mass is 32.2. The fourth-order valence-corrected chi connectivity index (χ4v) is 2.32. The van der Waals surface area contributed by atoms with Gasteiger partial charge in [-0.3, -0.25) is 9.40 Å². The van der Waals surface area contributed by atoms with Gasteiger partial charge in [0.05, 0.1) is 24.9 Å². The molecular weight excluding hydrogens is 276 g/mol. The van der Waals surface area contributed by atoms with Crippen LogP contribution >= 0.6 is 11.9 Å². The van der Waals surface area contributed by atoms with Gasteiger partial charge in [-0.1, -0.05) is 0 Å². The van der Waals surface area contributed by atoms with Crippen LogP contribution in [-0.2, 0) is 18.3 Å². The summed E-state index contributed by atoms with van der Waals surface area (Å²) >= 11 is 1.40. The highest BCUT2D eigenvalue weighted by molar-refractivity contribution is 7.97. The van der Waals surface area contributed by atoms with Crippen molar-refractivity contribution in [3.63, 3.8) is 0 Å². The Balaban J connectivity index is 1.94. The van der Waals surface area contributed by atoms with Crippen molar-refractivity contribution in [3.8, 4) is 0 Å². The minimum Gasteiger partial charge on any atom is -0.465 e. The number of esters is 1. The summed E-state index contributed by atoms with van der Waals surface area (Å²) in [5, 5.41) is 4.26. The number of anilines is 1. The maximum atomic E-state index is 11.4. The van der Waals surface area contributed by atoms with Gasteiger partial charge in [-0.15, -0.1) is 0 Å². The van der Waals surface area contributed by atoms with Crippen molar-refractivity contribution in [1.29, 1.82) is 0 Å². The topological polar surface area (TPSA) is 82.2 Å². The lowest BCUT2D eigenvalue weighted by atomic mass is 10.2. The molecule has 1 aromatic carbocycles. The molecule has 106 valence electrons. The fourth-order valence-electron chi connectivity index (χ4n) is 1.63. The molecule has 20 heavy (non-hydrogen) atoms. The van der Waals surface area contributed by atoms with Gasteiger partial charge in [-0.2, -0.15) is 5.10 Å². The van der Waals surface area contributed by atoms with Gasteiger partial charge < -0.3 is 10.5 Å². The predicted octanol–water partition coefficient (Wildman–Crippen LogP) is 1.59. The molecule has 0 spiro atoms. The molecule has 0 radical (unpaired) electrons. The van der Waals surface area contributed by atoms with E-state index in [1.165, 1.54) is 19.1 Å². The summed E-state index contributed by atoms with van der Waals surface area (Å²) in [7, 11) is 3.22. The van der Waals surface area contributed by atoms with Gasteiger partial charge in [-0.25, -0.2) is 4.79 Å². The number of benzene rings is 1. The molecule has 0 aliphatic carbocycles. The van der Waals surface area contributed by atoms with Crippen molar-refractivity contribution in [3.05, 3.63) is 41.7 Å². The number of aromatic nitrogens is 2. The van der Waals surface area contributed by atoms with Gasteiger partial charge in [0.2, 0.25) is 0 Å². The highest BCUT2D eigenvalue weighted by Crippen LogP contribution is 2.24. The quantitative estimate of drug-likeness (QED) is 0.495. The van der Waals surface area contributed by atoms with Gasteiger partial charge in [-0.05, 0) is 36.2 Å². The van der Waals surface area contributed by atoms with E-state index >= 15 is 0 Å². The Morgan fingerprint density at radius 1 is 1.50 bits per heavy atom. The molecule has 2 rings (SSSR count). The van der Waals surface area contributed by atoms with Crippen molar-refractivity contribution in [1.82, 2.24) is 14.5 Å². The Labute approximate surface area is 121 Å². The fraction of sp³-hybridized carbons (Fsp3) is 0.231. The average molecular weight is 292 g/mol. The Hall–Kier alpha value is -1.99. The molecule has 0 unspecified atom stereocenters. The first-order chi connectivity index (χ1) is 9.60. The number of aryl methyl sites for hydroxylation is 1. The average Bonchev–Trinajstić information content (AvgIpc) is 2.85. The van der Waals surface area contributed by atoms with Gasteiger partial charge in [0.25, 0.3) is 0 Å². The van der Waals surface area contributed by atoms with E-state index in [-0.39, 0.29) is 0 Å². The second-order valence-electron chi connectivity index (χ2n) is 4.15. The van der Waals surface area contributed by atoms with Gasteiger partial charge in [0.1, 0.15) is 0 Å². The number of carbonyl (C=O) groups is 1.